The number of hydrogen-bond acceptors (Lipinski definition) is 2. The van der Waals surface area contributed by atoms with Gasteiger partial charge in [-0.15, -0.1) is 0 Å². The molecule has 0 heterocycles. The summed E-state index contributed by atoms with van der Waals surface area (Å²) in [6, 6.07) is 13.0. The van der Waals surface area contributed by atoms with Gasteiger partial charge in [-0.05, 0) is 42.3 Å². The molecule has 110 valence electrons. The number of halogens is 1. The third-order valence-electron chi connectivity index (χ3n) is 3.04. The average molecular weight is 287 g/mol. The maximum absolute atomic E-state index is 12.8. The molecule has 1 atom stereocenters. The summed E-state index contributed by atoms with van der Waals surface area (Å²) in [5.41, 5.74) is 8.26. The zero-order chi connectivity index (χ0) is 15.2. The fraction of sp³-hybridized carbons (Fsp3) is 0.188. The second kappa shape index (κ2) is 6.85. The molecule has 0 aromatic heterocycles. The Morgan fingerprint density at radius 3 is 2.62 bits per heavy atom. The van der Waals surface area contributed by atoms with Gasteiger partial charge in [0, 0.05) is 18.3 Å². The zero-order valence-electron chi connectivity index (χ0n) is 11.8. The maximum Gasteiger partial charge on any atom is 0.319 e. The first-order valence-electron chi connectivity index (χ1n) is 6.69. The highest BCUT2D eigenvalue weighted by Crippen LogP contribution is 2.15. The number of rotatable bonds is 4. The zero-order valence-corrected chi connectivity index (χ0v) is 11.8. The number of amides is 2. The highest BCUT2D eigenvalue weighted by Gasteiger charge is 2.04. The lowest BCUT2D eigenvalue weighted by molar-refractivity contribution is 0.251. The standard InChI is InChI=1S/C16H18FN3O/c1-11(18)13-3-2-4-15(9-13)20-16(21)19-10-12-5-7-14(17)8-6-12/h2-9,11H,10,18H2,1H3,(H2,19,20,21). The molecule has 0 fully saturated rings. The first-order chi connectivity index (χ1) is 10.0. The molecule has 0 aliphatic rings. The van der Waals surface area contributed by atoms with Gasteiger partial charge in [-0.1, -0.05) is 24.3 Å². The van der Waals surface area contributed by atoms with Crippen molar-refractivity contribution in [2.45, 2.75) is 19.5 Å². The second-order valence-electron chi connectivity index (χ2n) is 4.85. The summed E-state index contributed by atoms with van der Waals surface area (Å²) in [4.78, 5) is 11.8. The minimum atomic E-state index is -0.318. The summed E-state index contributed by atoms with van der Waals surface area (Å²) >= 11 is 0. The van der Waals surface area contributed by atoms with Crippen LogP contribution in [0.3, 0.4) is 0 Å². The Balaban J connectivity index is 1.89. The summed E-state index contributed by atoms with van der Waals surface area (Å²) in [5.74, 6) is -0.295. The van der Waals surface area contributed by atoms with Crippen LogP contribution in [0.4, 0.5) is 14.9 Å². The van der Waals surface area contributed by atoms with E-state index < -0.39 is 0 Å². The van der Waals surface area contributed by atoms with E-state index in [0.29, 0.717) is 12.2 Å². The van der Waals surface area contributed by atoms with Crippen LogP contribution in [0, 0.1) is 5.82 Å². The van der Waals surface area contributed by atoms with Crippen molar-refractivity contribution in [1.82, 2.24) is 5.32 Å². The first-order valence-corrected chi connectivity index (χ1v) is 6.69. The minimum Gasteiger partial charge on any atom is -0.334 e. The summed E-state index contributed by atoms with van der Waals surface area (Å²) in [5, 5.41) is 5.45. The Labute approximate surface area is 123 Å². The quantitative estimate of drug-likeness (QED) is 0.808. The molecule has 2 amide bonds. The van der Waals surface area contributed by atoms with Crippen molar-refractivity contribution in [3.05, 3.63) is 65.5 Å². The van der Waals surface area contributed by atoms with E-state index in [-0.39, 0.29) is 17.9 Å². The smallest absolute Gasteiger partial charge is 0.319 e. The second-order valence-corrected chi connectivity index (χ2v) is 4.85. The predicted molar refractivity (Wildman–Crippen MR) is 81.3 cm³/mol. The summed E-state index contributed by atoms with van der Waals surface area (Å²) in [7, 11) is 0. The highest BCUT2D eigenvalue weighted by atomic mass is 19.1. The monoisotopic (exact) mass is 287 g/mol. The third-order valence-corrected chi connectivity index (χ3v) is 3.04. The van der Waals surface area contributed by atoms with E-state index in [2.05, 4.69) is 10.6 Å². The predicted octanol–water partition coefficient (Wildman–Crippen LogP) is 3.17. The van der Waals surface area contributed by atoms with Crippen LogP contribution in [0.5, 0.6) is 0 Å². The van der Waals surface area contributed by atoms with E-state index in [9.17, 15) is 9.18 Å². The molecule has 0 radical (unpaired) electrons. The summed E-state index contributed by atoms with van der Waals surface area (Å²) < 4.78 is 12.8. The molecule has 4 nitrogen and oxygen atoms in total. The van der Waals surface area contributed by atoms with Crippen molar-refractivity contribution < 1.29 is 9.18 Å². The molecule has 0 aliphatic heterocycles. The van der Waals surface area contributed by atoms with Crippen LogP contribution in [0.1, 0.15) is 24.1 Å². The van der Waals surface area contributed by atoms with Crippen LogP contribution in [0.2, 0.25) is 0 Å². The van der Waals surface area contributed by atoms with Crippen LogP contribution in [-0.2, 0) is 6.54 Å². The Hall–Kier alpha value is -2.40. The van der Waals surface area contributed by atoms with E-state index in [1.165, 1.54) is 12.1 Å². The molecule has 4 N–H and O–H groups in total. The van der Waals surface area contributed by atoms with Gasteiger partial charge in [-0.3, -0.25) is 0 Å². The number of benzene rings is 2. The van der Waals surface area contributed by atoms with Crippen molar-refractivity contribution in [3.63, 3.8) is 0 Å². The molecule has 21 heavy (non-hydrogen) atoms. The fourth-order valence-corrected chi connectivity index (χ4v) is 1.86. The number of carbonyl (C=O) groups excluding carboxylic acids is 1. The van der Waals surface area contributed by atoms with E-state index in [1.54, 1.807) is 18.2 Å². The van der Waals surface area contributed by atoms with E-state index in [1.807, 2.05) is 25.1 Å². The topological polar surface area (TPSA) is 67.1 Å². The first kappa shape index (κ1) is 15.0. The Kier molecular flexibility index (Phi) is 4.90. The van der Waals surface area contributed by atoms with Gasteiger partial charge in [0.2, 0.25) is 0 Å². The van der Waals surface area contributed by atoms with Crippen LogP contribution in [0.25, 0.3) is 0 Å². The molecule has 5 heteroatoms. The normalized spacial score (nSPS) is 11.8. The minimum absolute atomic E-state index is 0.0889. The van der Waals surface area contributed by atoms with Crippen LogP contribution in [-0.4, -0.2) is 6.03 Å². The van der Waals surface area contributed by atoms with E-state index >= 15 is 0 Å². The molecule has 2 aromatic carbocycles. The van der Waals surface area contributed by atoms with Crippen molar-refractivity contribution in [3.8, 4) is 0 Å². The van der Waals surface area contributed by atoms with Gasteiger partial charge >= 0.3 is 6.03 Å². The molecule has 2 rings (SSSR count). The number of carbonyl (C=O) groups is 1. The van der Waals surface area contributed by atoms with Gasteiger partial charge in [0.1, 0.15) is 5.82 Å². The number of hydrogen-bond donors (Lipinski definition) is 3. The van der Waals surface area contributed by atoms with Crippen molar-refractivity contribution in [1.29, 1.82) is 0 Å². The van der Waals surface area contributed by atoms with Gasteiger partial charge in [0.25, 0.3) is 0 Å². The number of anilines is 1. The molecule has 2 aromatic rings. The molecule has 0 spiro atoms. The number of nitrogens with two attached hydrogens (primary N) is 1. The van der Waals surface area contributed by atoms with Crippen LogP contribution in [0.15, 0.2) is 48.5 Å². The van der Waals surface area contributed by atoms with Gasteiger partial charge < -0.3 is 16.4 Å². The highest BCUT2D eigenvalue weighted by molar-refractivity contribution is 5.89. The van der Waals surface area contributed by atoms with E-state index in [4.69, 9.17) is 5.73 Å². The number of nitrogens with one attached hydrogen (secondary N) is 2. The number of urea groups is 1. The molecule has 1 unspecified atom stereocenters. The molecule has 0 saturated heterocycles. The molecular weight excluding hydrogens is 269 g/mol. The lowest BCUT2D eigenvalue weighted by atomic mass is 10.1. The van der Waals surface area contributed by atoms with Crippen molar-refractivity contribution >= 4 is 11.7 Å². The van der Waals surface area contributed by atoms with Gasteiger partial charge in [0.15, 0.2) is 0 Å². The maximum atomic E-state index is 12.8. The van der Waals surface area contributed by atoms with Gasteiger partial charge in [-0.25, -0.2) is 9.18 Å². The lowest BCUT2D eigenvalue weighted by Gasteiger charge is -2.10. The van der Waals surface area contributed by atoms with Crippen LogP contribution >= 0.6 is 0 Å². The van der Waals surface area contributed by atoms with Gasteiger partial charge in [0.05, 0.1) is 0 Å². The average Bonchev–Trinajstić information content (AvgIpc) is 2.47. The third kappa shape index (κ3) is 4.57. The SMILES string of the molecule is CC(N)c1cccc(NC(=O)NCc2ccc(F)cc2)c1. The Bertz CT molecular complexity index is 611. The van der Waals surface area contributed by atoms with E-state index in [0.717, 1.165) is 11.1 Å². The van der Waals surface area contributed by atoms with Crippen molar-refractivity contribution in [2.75, 3.05) is 5.32 Å². The fourth-order valence-electron chi connectivity index (χ4n) is 1.86. The summed E-state index contributed by atoms with van der Waals surface area (Å²) in [6.45, 7) is 2.22. The van der Waals surface area contributed by atoms with Crippen LogP contribution < -0.4 is 16.4 Å². The molecule has 0 bridgehead atoms. The largest absolute Gasteiger partial charge is 0.334 e. The summed E-state index contributed by atoms with van der Waals surface area (Å²) in [6.07, 6.45) is 0. The Morgan fingerprint density at radius 1 is 1.24 bits per heavy atom. The molecule has 0 aliphatic carbocycles. The molecular formula is C16H18FN3O. The van der Waals surface area contributed by atoms with Gasteiger partial charge in [-0.2, -0.15) is 0 Å². The van der Waals surface area contributed by atoms with Crippen molar-refractivity contribution in [2.24, 2.45) is 5.73 Å². The molecule has 0 saturated carbocycles. The lowest BCUT2D eigenvalue weighted by Crippen LogP contribution is -2.28. The Morgan fingerprint density at radius 2 is 1.95 bits per heavy atom.